The predicted octanol–water partition coefficient (Wildman–Crippen LogP) is 4.96. The number of anilines is 1. The Morgan fingerprint density at radius 2 is 1.82 bits per heavy atom. The number of hydrogen-bond donors (Lipinski definition) is 0. The minimum atomic E-state index is 0.120. The molecule has 0 N–H and O–H groups in total. The molecule has 6 nitrogen and oxygen atoms in total. The average Bonchev–Trinajstić information content (AvgIpc) is 3.23. The van der Waals surface area contributed by atoms with Crippen molar-refractivity contribution in [2.45, 2.75) is 44.3 Å². The van der Waals surface area contributed by atoms with Crippen molar-refractivity contribution in [3.8, 4) is 11.4 Å². The largest absolute Gasteiger partial charge is 0.372 e. The Bertz CT molecular complexity index is 1090. The van der Waals surface area contributed by atoms with Gasteiger partial charge in [-0.15, -0.1) is 10.2 Å². The van der Waals surface area contributed by atoms with Crippen molar-refractivity contribution in [3.05, 3.63) is 59.7 Å². The second-order valence-corrected chi connectivity index (χ2v) is 9.43. The Balaban J connectivity index is 1.41. The number of fused-ring (bicyclic) bond motifs is 1. The fourth-order valence-corrected chi connectivity index (χ4v) is 5.47. The third-order valence-corrected chi connectivity index (χ3v) is 7.62. The Hall–Kier alpha value is -2.80. The van der Waals surface area contributed by atoms with E-state index in [1.54, 1.807) is 0 Å². The molecule has 1 amide bonds. The van der Waals surface area contributed by atoms with Crippen LogP contribution in [0, 0.1) is 0 Å². The van der Waals surface area contributed by atoms with Crippen molar-refractivity contribution in [1.29, 1.82) is 0 Å². The second kappa shape index (κ2) is 10.4. The quantitative estimate of drug-likeness (QED) is 0.442. The zero-order chi connectivity index (χ0) is 23.4. The number of aromatic nitrogens is 3. The molecule has 1 aliphatic carbocycles. The molecule has 1 atom stereocenters. The highest BCUT2D eigenvalue weighted by molar-refractivity contribution is 7.99. The molecule has 0 bridgehead atoms. The zero-order valence-corrected chi connectivity index (χ0v) is 20.8. The topological polar surface area (TPSA) is 54.3 Å². The summed E-state index contributed by atoms with van der Waals surface area (Å²) in [6.07, 6.45) is 3.23. The van der Waals surface area contributed by atoms with Crippen molar-refractivity contribution >= 4 is 23.4 Å². The molecule has 2 aromatic carbocycles. The standard InChI is InChI=1S/C26H33N5OS/c1-5-31(6-2)21-16-14-20(15-17-21)25-27-28-26(30(25)4)33-18-24(32)29(3)23-13-9-11-19-10-7-8-12-22(19)23/h7-8,10,12,14-17,23H,5-6,9,11,13,18H2,1-4H3. The average molecular weight is 464 g/mol. The van der Waals surface area contributed by atoms with Gasteiger partial charge < -0.3 is 14.4 Å². The first kappa shape index (κ1) is 23.4. The molecule has 3 aromatic rings. The van der Waals surface area contributed by atoms with Crippen molar-refractivity contribution in [3.63, 3.8) is 0 Å². The van der Waals surface area contributed by atoms with Crippen LogP contribution in [0.1, 0.15) is 43.9 Å². The van der Waals surface area contributed by atoms with Gasteiger partial charge in [0.2, 0.25) is 5.91 Å². The maximum Gasteiger partial charge on any atom is 0.233 e. The molecule has 174 valence electrons. The molecule has 1 heterocycles. The lowest BCUT2D eigenvalue weighted by atomic mass is 9.87. The van der Waals surface area contributed by atoms with Gasteiger partial charge >= 0.3 is 0 Å². The van der Waals surface area contributed by atoms with Crippen LogP contribution in [0.25, 0.3) is 11.4 Å². The second-order valence-electron chi connectivity index (χ2n) is 8.48. The summed E-state index contributed by atoms with van der Waals surface area (Å²) in [5.74, 6) is 1.28. The first-order valence-electron chi connectivity index (χ1n) is 11.7. The lowest BCUT2D eigenvalue weighted by Crippen LogP contribution is -2.34. The van der Waals surface area contributed by atoms with Crippen molar-refractivity contribution in [1.82, 2.24) is 19.7 Å². The molecule has 0 spiro atoms. The maximum atomic E-state index is 13.0. The lowest BCUT2D eigenvalue weighted by Gasteiger charge is -2.33. The Morgan fingerprint density at radius 1 is 1.09 bits per heavy atom. The fraction of sp³-hybridized carbons (Fsp3) is 0.423. The van der Waals surface area contributed by atoms with E-state index in [1.807, 2.05) is 23.6 Å². The third kappa shape index (κ3) is 4.93. The first-order valence-corrected chi connectivity index (χ1v) is 12.7. The third-order valence-electron chi connectivity index (χ3n) is 6.61. The van der Waals surface area contributed by atoms with Crippen LogP contribution in [0.15, 0.2) is 53.7 Å². The van der Waals surface area contributed by atoms with Gasteiger partial charge in [0.1, 0.15) is 0 Å². The van der Waals surface area contributed by atoms with E-state index >= 15 is 0 Å². The molecular weight excluding hydrogens is 430 g/mol. The van der Waals surface area contributed by atoms with Crippen LogP contribution in [0.3, 0.4) is 0 Å². The minimum absolute atomic E-state index is 0.120. The van der Waals surface area contributed by atoms with E-state index < -0.39 is 0 Å². The van der Waals surface area contributed by atoms with Gasteiger partial charge in [0, 0.05) is 38.4 Å². The molecule has 1 aromatic heterocycles. The number of carbonyl (C=O) groups is 1. The molecule has 0 fully saturated rings. The summed E-state index contributed by atoms with van der Waals surface area (Å²) in [4.78, 5) is 17.2. The van der Waals surface area contributed by atoms with Crippen LogP contribution in [-0.4, -0.2) is 51.5 Å². The highest BCUT2D eigenvalue weighted by Crippen LogP contribution is 2.34. The number of thioether (sulfide) groups is 1. The Labute approximate surface area is 201 Å². The van der Waals surface area contributed by atoms with Gasteiger partial charge in [0.15, 0.2) is 11.0 Å². The molecule has 33 heavy (non-hydrogen) atoms. The van der Waals surface area contributed by atoms with E-state index in [0.29, 0.717) is 5.75 Å². The van der Waals surface area contributed by atoms with E-state index in [0.717, 1.165) is 48.9 Å². The van der Waals surface area contributed by atoms with Crippen molar-refractivity contribution in [2.75, 3.05) is 30.8 Å². The molecule has 0 radical (unpaired) electrons. The van der Waals surface area contributed by atoms with Crippen molar-refractivity contribution in [2.24, 2.45) is 7.05 Å². The number of hydrogen-bond acceptors (Lipinski definition) is 5. The number of benzene rings is 2. The van der Waals surface area contributed by atoms with Crippen LogP contribution in [0.2, 0.25) is 0 Å². The Kier molecular flexibility index (Phi) is 7.38. The summed E-state index contributed by atoms with van der Waals surface area (Å²) < 4.78 is 1.97. The van der Waals surface area contributed by atoms with Crippen LogP contribution in [-0.2, 0) is 18.3 Å². The smallest absolute Gasteiger partial charge is 0.233 e. The lowest BCUT2D eigenvalue weighted by molar-refractivity contribution is -0.129. The molecule has 0 saturated heterocycles. The van der Waals surface area contributed by atoms with Gasteiger partial charge in [0.25, 0.3) is 0 Å². The predicted molar refractivity (Wildman–Crippen MR) is 136 cm³/mol. The van der Waals surface area contributed by atoms with Gasteiger partial charge in [-0.1, -0.05) is 36.0 Å². The number of nitrogens with zero attached hydrogens (tertiary/aromatic N) is 5. The van der Waals surface area contributed by atoms with Crippen LogP contribution >= 0.6 is 11.8 Å². The van der Waals surface area contributed by atoms with E-state index in [2.05, 4.69) is 77.5 Å². The molecule has 1 unspecified atom stereocenters. The number of carbonyl (C=O) groups excluding carboxylic acids is 1. The van der Waals surface area contributed by atoms with E-state index in [4.69, 9.17) is 0 Å². The minimum Gasteiger partial charge on any atom is -0.372 e. The highest BCUT2D eigenvalue weighted by atomic mass is 32.2. The summed E-state index contributed by atoms with van der Waals surface area (Å²) in [6, 6.07) is 17.1. The summed E-state index contributed by atoms with van der Waals surface area (Å²) in [5, 5.41) is 9.51. The molecule has 7 heteroatoms. The summed E-state index contributed by atoms with van der Waals surface area (Å²) in [7, 11) is 3.89. The summed E-state index contributed by atoms with van der Waals surface area (Å²) in [5.41, 5.74) is 4.89. The van der Waals surface area contributed by atoms with Gasteiger partial charge in [0.05, 0.1) is 11.8 Å². The van der Waals surface area contributed by atoms with Crippen LogP contribution < -0.4 is 4.90 Å². The molecule has 1 aliphatic rings. The van der Waals surface area contributed by atoms with E-state index in [9.17, 15) is 4.79 Å². The monoisotopic (exact) mass is 463 g/mol. The number of aryl methyl sites for hydroxylation is 1. The summed E-state index contributed by atoms with van der Waals surface area (Å²) >= 11 is 1.45. The molecule has 0 saturated carbocycles. The highest BCUT2D eigenvalue weighted by Gasteiger charge is 2.26. The van der Waals surface area contributed by atoms with Crippen LogP contribution in [0.5, 0.6) is 0 Å². The van der Waals surface area contributed by atoms with Crippen molar-refractivity contribution < 1.29 is 4.79 Å². The molecular formula is C26H33N5OS. The van der Waals surface area contributed by atoms with Gasteiger partial charge in [-0.25, -0.2) is 0 Å². The molecule has 0 aliphatic heterocycles. The first-order chi connectivity index (χ1) is 16.0. The maximum absolute atomic E-state index is 13.0. The fourth-order valence-electron chi connectivity index (χ4n) is 4.63. The number of rotatable bonds is 8. The van der Waals surface area contributed by atoms with E-state index in [1.165, 1.54) is 28.6 Å². The number of amides is 1. The van der Waals surface area contributed by atoms with Gasteiger partial charge in [-0.05, 0) is 68.5 Å². The molecule has 4 rings (SSSR count). The normalized spacial score (nSPS) is 15.2. The van der Waals surface area contributed by atoms with E-state index in [-0.39, 0.29) is 11.9 Å². The Morgan fingerprint density at radius 3 is 2.55 bits per heavy atom. The van der Waals surface area contributed by atoms with Gasteiger partial charge in [-0.2, -0.15) is 0 Å². The SMILES string of the molecule is CCN(CC)c1ccc(-c2nnc(SCC(=O)N(C)C3CCCc4ccccc43)n2C)cc1. The van der Waals surface area contributed by atoms with Crippen LogP contribution in [0.4, 0.5) is 5.69 Å². The summed E-state index contributed by atoms with van der Waals surface area (Å²) in [6.45, 7) is 6.29. The van der Waals surface area contributed by atoms with Gasteiger partial charge in [-0.3, -0.25) is 4.79 Å². The zero-order valence-electron chi connectivity index (χ0n) is 20.0.